The largest absolute Gasteiger partial charge is 0.469 e. The molecule has 1 aliphatic carbocycles. The van der Waals surface area contributed by atoms with E-state index in [2.05, 4.69) is 0 Å². The molecule has 0 aromatic rings. The summed E-state index contributed by atoms with van der Waals surface area (Å²) >= 11 is 0. The predicted molar refractivity (Wildman–Crippen MR) is 49.5 cm³/mol. The molecular weight excluding hydrogens is 184 g/mol. The summed E-state index contributed by atoms with van der Waals surface area (Å²) in [4.78, 5) is 23.0. The number of methoxy groups -OCH3 is 2. The average Bonchev–Trinajstić information content (AvgIpc) is 2.22. The number of carbonyl (C=O) groups is 2. The van der Waals surface area contributed by atoms with Crippen molar-refractivity contribution in [3.8, 4) is 0 Å². The summed E-state index contributed by atoms with van der Waals surface area (Å²) < 4.78 is 9.40. The van der Waals surface area contributed by atoms with Crippen LogP contribution in [0.25, 0.3) is 0 Å². The molecule has 0 aliphatic heterocycles. The van der Waals surface area contributed by atoms with Crippen molar-refractivity contribution in [2.75, 3.05) is 14.2 Å². The first-order valence-corrected chi connectivity index (χ1v) is 4.59. The Bertz CT molecular complexity index is 245. The van der Waals surface area contributed by atoms with Gasteiger partial charge in [0.2, 0.25) is 0 Å². The minimum atomic E-state index is -0.727. The van der Waals surface area contributed by atoms with Crippen LogP contribution in [-0.2, 0) is 19.1 Å². The Balaban J connectivity index is 2.93. The first-order valence-electron chi connectivity index (χ1n) is 4.59. The van der Waals surface area contributed by atoms with Crippen LogP contribution in [0.2, 0.25) is 0 Å². The molecule has 0 saturated heterocycles. The third-order valence-corrected chi connectivity index (χ3v) is 3.61. The summed E-state index contributed by atoms with van der Waals surface area (Å²) in [6, 6.07) is 0. The second-order valence-corrected chi connectivity index (χ2v) is 4.15. The van der Waals surface area contributed by atoms with E-state index in [1.807, 2.05) is 0 Å². The molecule has 2 atom stereocenters. The Morgan fingerprint density at radius 3 is 1.36 bits per heavy atom. The van der Waals surface area contributed by atoms with E-state index in [9.17, 15) is 9.59 Å². The van der Waals surface area contributed by atoms with Crippen LogP contribution in [0, 0.1) is 10.8 Å². The van der Waals surface area contributed by atoms with Gasteiger partial charge in [-0.3, -0.25) is 9.59 Å². The van der Waals surface area contributed by atoms with Crippen molar-refractivity contribution >= 4 is 11.9 Å². The third kappa shape index (κ3) is 1.13. The first-order chi connectivity index (χ1) is 6.42. The normalized spacial score (nSPS) is 35.7. The quantitative estimate of drug-likeness (QED) is 0.627. The Hall–Kier alpha value is -1.06. The molecule has 4 nitrogen and oxygen atoms in total. The Morgan fingerprint density at radius 2 is 1.21 bits per heavy atom. The van der Waals surface area contributed by atoms with E-state index in [4.69, 9.17) is 9.47 Å². The van der Waals surface area contributed by atoms with E-state index in [-0.39, 0.29) is 11.9 Å². The summed E-state index contributed by atoms with van der Waals surface area (Å²) in [7, 11) is 2.67. The highest BCUT2D eigenvalue weighted by molar-refractivity contribution is 5.89. The molecule has 0 N–H and O–H groups in total. The van der Waals surface area contributed by atoms with Gasteiger partial charge < -0.3 is 9.47 Å². The zero-order valence-electron chi connectivity index (χ0n) is 9.05. The molecule has 1 fully saturated rings. The van der Waals surface area contributed by atoms with Crippen molar-refractivity contribution in [3.05, 3.63) is 0 Å². The maximum atomic E-state index is 11.5. The van der Waals surface area contributed by atoms with Crippen molar-refractivity contribution < 1.29 is 19.1 Å². The molecule has 0 aromatic heterocycles. The summed E-state index contributed by atoms with van der Waals surface area (Å²) in [5.74, 6) is -0.673. The lowest BCUT2D eigenvalue weighted by atomic mass is 9.51. The second-order valence-electron chi connectivity index (χ2n) is 4.15. The number of rotatable bonds is 2. The molecule has 0 spiro atoms. The number of hydrogen-bond donors (Lipinski definition) is 0. The van der Waals surface area contributed by atoms with E-state index in [0.717, 1.165) is 0 Å². The van der Waals surface area contributed by atoms with Gasteiger partial charge in [0.15, 0.2) is 0 Å². The van der Waals surface area contributed by atoms with Crippen molar-refractivity contribution in [1.29, 1.82) is 0 Å². The lowest BCUT2D eigenvalue weighted by Crippen LogP contribution is -2.57. The first kappa shape index (κ1) is 11.0. The van der Waals surface area contributed by atoms with Crippen LogP contribution in [0.1, 0.15) is 26.7 Å². The Morgan fingerprint density at radius 1 is 0.929 bits per heavy atom. The van der Waals surface area contributed by atoms with Crippen LogP contribution in [0.3, 0.4) is 0 Å². The van der Waals surface area contributed by atoms with Gasteiger partial charge in [-0.05, 0) is 26.7 Å². The molecule has 1 rings (SSSR count). The number of carbonyl (C=O) groups excluding carboxylic acids is 2. The Labute approximate surface area is 83.6 Å². The predicted octanol–water partition coefficient (Wildman–Crippen LogP) is 1.14. The van der Waals surface area contributed by atoms with E-state index in [1.165, 1.54) is 14.2 Å². The van der Waals surface area contributed by atoms with Crippen LogP contribution in [0.15, 0.2) is 0 Å². The zero-order chi connectivity index (χ0) is 11.0. The maximum absolute atomic E-state index is 11.5. The summed E-state index contributed by atoms with van der Waals surface area (Å²) in [6.45, 7) is 3.50. The SMILES string of the molecule is COC(=O)[C@]1(C)CC[C@]1(C)C(=O)OC. The molecule has 1 saturated carbocycles. The molecule has 0 aromatic carbocycles. The van der Waals surface area contributed by atoms with Crippen LogP contribution in [0.5, 0.6) is 0 Å². The highest BCUT2D eigenvalue weighted by atomic mass is 16.5. The number of esters is 2. The van der Waals surface area contributed by atoms with Gasteiger partial charge in [0, 0.05) is 0 Å². The van der Waals surface area contributed by atoms with E-state index in [1.54, 1.807) is 13.8 Å². The molecule has 0 amide bonds. The second kappa shape index (κ2) is 3.26. The summed E-state index contributed by atoms with van der Waals surface area (Å²) in [5, 5.41) is 0. The number of hydrogen-bond acceptors (Lipinski definition) is 4. The van der Waals surface area contributed by atoms with E-state index < -0.39 is 10.8 Å². The van der Waals surface area contributed by atoms with Gasteiger partial charge >= 0.3 is 11.9 Å². The fourth-order valence-electron chi connectivity index (χ4n) is 1.98. The van der Waals surface area contributed by atoms with E-state index >= 15 is 0 Å². The third-order valence-electron chi connectivity index (χ3n) is 3.61. The Kier molecular flexibility index (Phi) is 2.56. The van der Waals surface area contributed by atoms with Crippen LogP contribution < -0.4 is 0 Å². The molecule has 0 heterocycles. The molecule has 1 aliphatic rings. The highest BCUT2D eigenvalue weighted by Crippen LogP contribution is 2.57. The summed E-state index contributed by atoms with van der Waals surface area (Å²) in [5.41, 5.74) is -1.45. The lowest BCUT2D eigenvalue weighted by molar-refractivity contribution is -0.191. The molecular formula is C10H16O4. The average molecular weight is 200 g/mol. The fourth-order valence-corrected chi connectivity index (χ4v) is 1.98. The van der Waals surface area contributed by atoms with Gasteiger partial charge in [-0.1, -0.05) is 0 Å². The fraction of sp³-hybridized carbons (Fsp3) is 0.800. The minimum absolute atomic E-state index is 0.336. The molecule has 14 heavy (non-hydrogen) atoms. The van der Waals surface area contributed by atoms with Crippen LogP contribution >= 0.6 is 0 Å². The monoisotopic (exact) mass is 200 g/mol. The minimum Gasteiger partial charge on any atom is -0.469 e. The van der Waals surface area contributed by atoms with Crippen molar-refractivity contribution in [3.63, 3.8) is 0 Å². The maximum Gasteiger partial charge on any atom is 0.312 e. The van der Waals surface area contributed by atoms with Crippen molar-refractivity contribution in [1.82, 2.24) is 0 Å². The summed E-state index contributed by atoms with van der Waals surface area (Å²) in [6.07, 6.45) is 1.34. The van der Waals surface area contributed by atoms with Crippen LogP contribution in [0.4, 0.5) is 0 Å². The topological polar surface area (TPSA) is 52.6 Å². The molecule has 0 bridgehead atoms. The lowest BCUT2D eigenvalue weighted by Gasteiger charge is -2.51. The van der Waals surface area contributed by atoms with Gasteiger partial charge in [-0.25, -0.2) is 0 Å². The van der Waals surface area contributed by atoms with Crippen molar-refractivity contribution in [2.45, 2.75) is 26.7 Å². The van der Waals surface area contributed by atoms with Gasteiger partial charge in [-0.2, -0.15) is 0 Å². The van der Waals surface area contributed by atoms with Crippen LogP contribution in [-0.4, -0.2) is 26.2 Å². The standard InChI is InChI=1S/C10H16O4/c1-9(7(11)13-3)5-6-10(9,2)8(12)14-4/h5-6H2,1-4H3/t9-,10+. The van der Waals surface area contributed by atoms with E-state index in [0.29, 0.717) is 12.8 Å². The van der Waals surface area contributed by atoms with Gasteiger partial charge in [-0.15, -0.1) is 0 Å². The smallest absolute Gasteiger partial charge is 0.312 e. The van der Waals surface area contributed by atoms with Crippen molar-refractivity contribution in [2.24, 2.45) is 10.8 Å². The zero-order valence-corrected chi connectivity index (χ0v) is 9.05. The molecule has 0 radical (unpaired) electrons. The number of ether oxygens (including phenoxy) is 2. The molecule has 0 unspecified atom stereocenters. The van der Waals surface area contributed by atoms with Gasteiger partial charge in [0.05, 0.1) is 25.0 Å². The highest BCUT2D eigenvalue weighted by Gasteiger charge is 2.63. The molecule has 4 heteroatoms. The molecule has 80 valence electrons. The van der Waals surface area contributed by atoms with Gasteiger partial charge in [0.1, 0.15) is 0 Å². The van der Waals surface area contributed by atoms with Gasteiger partial charge in [0.25, 0.3) is 0 Å².